The zero-order valence-corrected chi connectivity index (χ0v) is 12.2. The summed E-state index contributed by atoms with van der Waals surface area (Å²) < 4.78 is 5.13. The number of amides is 1. The lowest BCUT2D eigenvalue weighted by molar-refractivity contribution is -0.126. The number of carbonyl (C=O) groups is 1. The largest absolute Gasteiger partial charge is 0.497 e. The Morgan fingerprint density at radius 2 is 1.81 bits per heavy atom. The van der Waals surface area contributed by atoms with Crippen LogP contribution in [-0.4, -0.2) is 19.1 Å². The molecule has 0 aliphatic carbocycles. The summed E-state index contributed by atoms with van der Waals surface area (Å²) in [5.74, 6) is 0.635. The molecule has 0 aromatic heterocycles. The second-order valence-electron chi connectivity index (χ2n) is 4.90. The first-order valence-corrected chi connectivity index (χ1v) is 6.98. The summed E-state index contributed by atoms with van der Waals surface area (Å²) in [6, 6.07) is 14.0. The van der Waals surface area contributed by atoms with Crippen molar-refractivity contribution in [3.05, 3.63) is 59.1 Å². The Labute approximate surface area is 128 Å². The molecule has 0 bridgehead atoms. The van der Waals surface area contributed by atoms with Gasteiger partial charge in [0.05, 0.1) is 13.2 Å². The Morgan fingerprint density at radius 3 is 2.43 bits per heavy atom. The van der Waals surface area contributed by atoms with E-state index >= 15 is 0 Å². The number of anilines is 1. The summed E-state index contributed by atoms with van der Waals surface area (Å²) in [5, 5.41) is 0.615. The number of nitrogens with two attached hydrogens (primary N) is 1. The molecule has 1 amide bonds. The third kappa shape index (κ3) is 2.26. The van der Waals surface area contributed by atoms with Gasteiger partial charge in [-0.2, -0.15) is 0 Å². The highest BCUT2D eigenvalue weighted by molar-refractivity contribution is 6.31. The molecule has 2 N–H and O–H groups in total. The molecule has 0 saturated carbocycles. The highest BCUT2D eigenvalue weighted by Gasteiger charge is 2.47. The molecule has 1 aliphatic rings. The van der Waals surface area contributed by atoms with E-state index in [9.17, 15) is 4.79 Å². The maximum absolute atomic E-state index is 12.1. The molecule has 1 saturated heterocycles. The van der Waals surface area contributed by atoms with E-state index in [1.165, 1.54) is 0 Å². The Kier molecular flexibility index (Phi) is 3.57. The van der Waals surface area contributed by atoms with Gasteiger partial charge >= 0.3 is 0 Å². The summed E-state index contributed by atoms with van der Waals surface area (Å²) >= 11 is 6.23. The second-order valence-corrected chi connectivity index (χ2v) is 5.31. The van der Waals surface area contributed by atoms with Crippen molar-refractivity contribution in [1.29, 1.82) is 0 Å². The molecule has 1 aliphatic heterocycles. The summed E-state index contributed by atoms with van der Waals surface area (Å²) in [6.45, 7) is 0. The van der Waals surface area contributed by atoms with Crippen LogP contribution in [0.5, 0.6) is 5.75 Å². The zero-order chi connectivity index (χ0) is 15.0. The van der Waals surface area contributed by atoms with Crippen LogP contribution in [0.1, 0.15) is 11.6 Å². The minimum Gasteiger partial charge on any atom is -0.497 e. The van der Waals surface area contributed by atoms with Gasteiger partial charge in [-0.15, -0.1) is 0 Å². The molecule has 108 valence electrons. The summed E-state index contributed by atoms with van der Waals surface area (Å²) in [5.41, 5.74) is 7.62. The monoisotopic (exact) mass is 302 g/mol. The van der Waals surface area contributed by atoms with E-state index < -0.39 is 6.04 Å². The van der Waals surface area contributed by atoms with Crippen molar-refractivity contribution >= 4 is 23.2 Å². The number of benzene rings is 2. The van der Waals surface area contributed by atoms with Crippen LogP contribution in [0.25, 0.3) is 0 Å². The average molecular weight is 303 g/mol. The quantitative estimate of drug-likeness (QED) is 0.887. The minimum absolute atomic E-state index is 0.106. The smallest absolute Gasteiger partial charge is 0.247 e. The molecule has 4 nitrogen and oxygen atoms in total. The van der Waals surface area contributed by atoms with Crippen LogP contribution in [0.2, 0.25) is 5.02 Å². The average Bonchev–Trinajstić information content (AvgIpc) is 2.53. The standard InChI is InChI=1S/C16H15ClN2O2/c1-21-11-8-6-10(7-9-11)19-15(14(18)16(19)20)12-4-2-3-5-13(12)17/h2-9,14-15H,18H2,1H3/t14-,15-/m1/s1. The predicted molar refractivity (Wildman–Crippen MR) is 82.6 cm³/mol. The molecule has 0 unspecified atom stereocenters. The van der Waals surface area contributed by atoms with Gasteiger partial charge in [-0.05, 0) is 35.9 Å². The highest BCUT2D eigenvalue weighted by atomic mass is 35.5. The summed E-state index contributed by atoms with van der Waals surface area (Å²) in [4.78, 5) is 13.8. The number of hydrogen-bond donors (Lipinski definition) is 1. The zero-order valence-electron chi connectivity index (χ0n) is 11.5. The van der Waals surface area contributed by atoms with E-state index in [0.717, 1.165) is 17.0 Å². The number of nitrogens with zero attached hydrogens (tertiary/aromatic N) is 1. The van der Waals surface area contributed by atoms with Crippen LogP contribution in [0.15, 0.2) is 48.5 Å². The van der Waals surface area contributed by atoms with E-state index in [0.29, 0.717) is 5.02 Å². The van der Waals surface area contributed by atoms with Gasteiger partial charge in [-0.25, -0.2) is 0 Å². The van der Waals surface area contributed by atoms with Crippen molar-refractivity contribution in [2.24, 2.45) is 5.73 Å². The van der Waals surface area contributed by atoms with Crippen molar-refractivity contribution < 1.29 is 9.53 Å². The van der Waals surface area contributed by atoms with Crippen LogP contribution in [0.4, 0.5) is 5.69 Å². The van der Waals surface area contributed by atoms with Gasteiger partial charge in [-0.3, -0.25) is 4.79 Å². The number of halogens is 1. The maximum Gasteiger partial charge on any atom is 0.247 e. The number of hydrogen-bond acceptors (Lipinski definition) is 3. The fraction of sp³-hybridized carbons (Fsp3) is 0.188. The minimum atomic E-state index is -0.563. The van der Waals surface area contributed by atoms with Gasteiger partial charge in [0.1, 0.15) is 11.8 Å². The molecule has 2 aromatic rings. The van der Waals surface area contributed by atoms with Gasteiger partial charge in [-0.1, -0.05) is 29.8 Å². The highest BCUT2D eigenvalue weighted by Crippen LogP contribution is 2.40. The Bertz CT molecular complexity index is 672. The molecule has 5 heteroatoms. The number of carbonyl (C=O) groups excluding carboxylic acids is 1. The van der Waals surface area contributed by atoms with Crippen molar-refractivity contribution in [3.8, 4) is 5.75 Å². The molecular weight excluding hydrogens is 288 g/mol. The first kappa shape index (κ1) is 13.9. The SMILES string of the molecule is COc1ccc(N2C(=O)[C@H](N)[C@H]2c2ccccc2Cl)cc1. The van der Waals surface area contributed by atoms with Gasteiger partial charge in [0.25, 0.3) is 0 Å². The molecule has 0 radical (unpaired) electrons. The lowest BCUT2D eigenvalue weighted by Crippen LogP contribution is -2.63. The fourth-order valence-corrected chi connectivity index (χ4v) is 2.84. The van der Waals surface area contributed by atoms with E-state index in [1.807, 2.05) is 42.5 Å². The number of β-lactam (4-membered cyclic amide) rings is 1. The Hall–Kier alpha value is -2.04. The molecule has 3 rings (SSSR count). The molecule has 2 aromatic carbocycles. The molecule has 21 heavy (non-hydrogen) atoms. The molecule has 1 fully saturated rings. The number of rotatable bonds is 3. The Balaban J connectivity index is 1.96. The van der Waals surface area contributed by atoms with Crippen molar-refractivity contribution in [2.75, 3.05) is 12.0 Å². The van der Waals surface area contributed by atoms with Crippen LogP contribution >= 0.6 is 11.6 Å². The summed E-state index contributed by atoms with van der Waals surface area (Å²) in [6.07, 6.45) is 0. The van der Waals surface area contributed by atoms with Gasteiger partial charge < -0.3 is 15.4 Å². The predicted octanol–water partition coefficient (Wildman–Crippen LogP) is 2.76. The van der Waals surface area contributed by atoms with Crippen LogP contribution < -0.4 is 15.4 Å². The van der Waals surface area contributed by atoms with Gasteiger partial charge in [0.15, 0.2) is 0 Å². The van der Waals surface area contributed by atoms with Crippen LogP contribution in [0.3, 0.4) is 0 Å². The maximum atomic E-state index is 12.1. The van der Waals surface area contributed by atoms with Crippen molar-refractivity contribution in [3.63, 3.8) is 0 Å². The topological polar surface area (TPSA) is 55.6 Å². The molecule has 0 spiro atoms. The lowest BCUT2D eigenvalue weighted by Gasteiger charge is -2.45. The lowest BCUT2D eigenvalue weighted by atomic mass is 9.88. The second kappa shape index (κ2) is 5.39. The number of ether oxygens (including phenoxy) is 1. The van der Waals surface area contributed by atoms with Crippen LogP contribution in [-0.2, 0) is 4.79 Å². The first-order valence-electron chi connectivity index (χ1n) is 6.60. The van der Waals surface area contributed by atoms with E-state index in [2.05, 4.69) is 0 Å². The van der Waals surface area contributed by atoms with E-state index in [4.69, 9.17) is 22.1 Å². The normalized spacial score (nSPS) is 21.1. The molecule has 1 heterocycles. The molecule has 2 atom stereocenters. The Morgan fingerprint density at radius 1 is 1.14 bits per heavy atom. The summed E-state index contributed by atoms with van der Waals surface area (Å²) in [7, 11) is 1.60. The van der Waals surface area contributed by atoms with Gasteiger partial charge in [0, 0.05) is 10.7 Å². The van der Waals surface area contributed by atoms with Crippen molar-refractivity contribution in [2.45, 2.75) is 12.1 Å². The molecular formula is C16H15ClN2O2. The fourth-order valence-electron chi connectivity index (χ4n) is 2.59. The first-order chi connectivity index (χ1) is 10.1. The number of methoxy groups -OCH3 is 1. The van der Waals surface area contributed by atoms with Crippen molar-refractivity contribution in [1.82, 2.24) is 0 Å². The van der Waals surface area contributed by atoms with Crippen LogP contribution in [0, 0.1) is 0 Å². The van der Waals surface area contributed by atoms with Gasteiger partial charge in [0.2, 0.25) is 5.91 Å². The third-order valence-electron chi connectivity index (χ3n) is 3.72. The third-order valence-corrected chi connectivity index (χ3v) is 4.06. The van der Waals surface area contributed by atoms with E-state index in [-0.39, 0.29) is 11.9 Å². The van der Waals surface area contributed by atoms with E-state index in [1.54, 1.807) is 18.1 Å².